The van der Waals surface area contributed by atoms with Gasteiger partial charge in [0, 0.05) is 36.1 Å². The predicted molar refractivity (Wildman–Crippen MR) is 130 cm³/mol. The topological polar surface area (TPSA) is 31.4 Å². The number of likely N-dealkylation sites (N-methyl/N-ethyl adjacent to an activating group) is 1. The summed E-state index contributed by atoms with van der Waals surface area (Å²) in [5, 5.41) is 5.03. The van der Waals surface area contributed by atoms with Crippen LogP contribution in [0.1, 0.15) is 63.0 Å². The molecule has 2 aliphatic rings. The number of pyridine rings is 1. The third kappa shape index (κ3) is 3.48. The van der Waals surface area contributed by atoms with Gasteiger partial charge in [-0.2, -0.15) is 0 Å². The van der Waals surface area contributed by atoms with E-state index in [0.29, 0.717) is 0 Å². The molecule has 0 bridgehead atoms. The number of rotatable bonds is 4. The molecule has 1 fully saturated rings. The first-order chi connectivity index (χ1) is 14.2. The maximum absolute atomic E-state index is 6.95. The SMILES string of the molecule is CCCN1C(=S)N[C@H](c2ccccn2)[C@@H]1c1cc2c(cc1Cl)N(C)C(C)(C)C=C2C. The molecule has 3 heterocycles. The normalized spacial score (nSPS) is 22.6. The van der Waals surface area contributed by atoms with Gasteiger partial charge in [-0.05, 0) is 74.8 Å². The van der Waals surface area contributed by atoms with Gasteiger partial charge in [-0.1, -0.05) is 30.7 Å². The fourth-order valence-corrected chi connectivity index (χ4v) is 5.24. The van der Waals surface area contributed by atoms with Gasteiger partial charge >= 0.3 is 0 Å². The summed E-state index contributed by atoms with van der Waals surface area (Å²) in [6.45, 7) is 9.67. The highest BCUT2D eigenvalue weighted by Gasteiger charge is 2.41. The van der Waals surface area contributed by atoms with E-state index in [1.54, 1.807) is 0 Å². The Morgan fingerprint density at radius 1 is 1.27 bits per heavy atom. The highest BCUT2D eigenvalue weighted by atomic mass is 35.5. The van der Waals surface area contributed by atoms with Crippen molar-refractivity contribution in [1.29, 1.82) is 0 Å². The van der Waals surface area contributed by atoms with Gasteiger partial charge in [0.1, 0.15) is 0 Å². The first-order valence-electron chi connectivity index (χ1n) is 10.5. The smallest absolute Gasteiger partial charge is 0.170 e. The van der Waals surface area contributed by atoms with Gasteiger partial charge in [-0.3, -0.25) is 4.98 Å². The van der Waals surface area contributed by atoms with Crippen molar-refractivity contribution < 1.29 is 0 Å². The lowest BCUT2D eigenvalue weighted by atomic mass is 9.86. The number of hydrogen-bond acceptors (Lipinski definition) is 3. The largest absolute Gasteiger partial charge is 0.365 e. The molecule has 30 heavy (non-hydrogen) atoms. The molecule has 2 aromatic rings. The first kappa shape index (κ1) is 21.1. The van der Waals surface area contributed by atoms with E-state index >= 15 is 0 Å². The number of nitrogens with zero attached hydrogens (tertiary/aromatic N) is 3. The number of thiocarbonyl (C=S) groups is 1. The lowest BCUT2D eigenvalue weighted by Crippen LogP contribution is -2.42. The zero-order chi connectivity index (χ0) is 21.6. The van der Waals surface area contributed by atoms with Gasteiger partial charge in [0.05, 0.1) is 23.3 Å². The van der Waals surface area contributed by atoms with Crippen LogP contribution in [0, 0.1) is 0 Å². The first-order valence-corrected chi connectivity index (χ1v) is 11.3. The van der Waals surface area contributed by atoms with Crippen molar-refractivity contribution in [1.82, 2.24) is 15.2 Å². The molecule has 0 spiro atoms. The number of anilines is 1. The van der Waals surface area contributed by atoms with Crippen LogP contribution in [0.3, 0.4) is 0 Å². The third-order valence-electron chi connectivity index (χ3n) is 6.32. The summed E-state index contributed by atoms with van der Waals surface area (Å²) in [6.07, 6.45) is 5.16. The Hall–Kier alpha value is -2.11. The van der Waals surface area contributed by atoms with Crippen LogP contribution in [-0.4, -0.2) is 34.1 Å². The molecule has 0 amide bonds. The fourth-order valence-electron chi connectivity index (χ4n) is 4.64. The molecule has 1 saturated heterocycles. The Morgan fingerprint density at radius 2 is 2.03 bits per heavy atom. The predicted octanol–water partition coefficient (Wildman–Crippen LogP) is 5.75. The van der Waals surface area contributed by atoms with Crippen molar-refractivity contribution in [3.8, 4) is 0 Å². The molecule has 1 aromatic heterocycles. The minimum absolute atomic E-state index is 0.00167. The lowest BCUT2D eigenvalue weighted by Gasteiger charge is -2.41. The summed E-state index contributed by atoms with van der Waals surface area (Å²) in [4.78, 5) is 9.17. The van der Waals surface area contributed by atoms with Crippen LogP contribution in [0.25, 0.3) is 5.57 Å². The molecular formula is C24H29ClN4S. The Bertz CT molecular complexity index is 1000. The molecule has 2 atom stereocenters. The highest BCUT2D eigenvalue weighted by Crippen LogP contribution is 2.46. The third-order valence-corrected chi connectivity index (χ3v) is 7.00. The van der Waals surface area contributed by atoms with E-state index in [2.05, 4.69) is 79.1 Å². The van der Waals surface area contributed by atoms with Crippen molar-refractivity contribution >= 4 is 40.2 Å². The van der Waals surface area contributed by atoms with Crippen molar-refractivity contribution in [2.24, 2.45) is 0 Å². The van der Waals surface area contributed by atoms with E-state index in [9.17, 15) is 0 Å². The second kappa shape index (κ2) is 7.86. The molecule has 6 heteroatoms. The van der Waals surface area contributed by atoms with E-state index in [-0.39, 0.29) is 17.6 Å². The average molecular weight is 441 g/mol. The lowest BCUT2D eigenvalue weighted by molar-refractivity contribution is 0.318. The van der Waals surface area contributed by atoms with Crippen molar-refractivity contribution in [3.63, 3.8) is 0 Å². The van der Waals surface area contributed by atoms with Crippen LogP contribution in [0.2, 0.25) is 5.02 Å². The van der Waals surface area contributed by atoms with Crippen LogP contribution in [0.5, 0.6) is 0 Å². The van der Waals surface area contributed by atoms with Gasteiger partial charge < -0.3 is 15.1 Å². The number of aromatic nitrogens is 1. The standard InChI is InChI=1S/C24H29ClN4S/c1-6-11-29-22(21(27-23(29)30)19-9-7-8-10-26-19)17-12-16-15(2)14-24(3,4)28(5)20(16)13-18(17)25/h7-10,12-14,21-22H,6,11H2,1-5H3,(H,27,30)/t21-,22+/m1/s1. The Balaban J connectivity index is 1.86. The summed E-state index contributed by atoms with van der Waals surface area (Å²) in [5.74, 6) is 0. The quantitative estimate of drug-likeness (QED) is 0.612. The summed E-state index contributed by atoms with van der Waals surface area (Å²) < 4.78 is 0. The minimum atomic E-state index is -0.0524. The summed E-state index contributed by atoms with van der Waals surface area (Å²) >= 11 is 12.7. The van der Waals surface area contributed by atoms with Gasteiger partial charge in [0.25, 0.3) is 0 Å². The van der Waals surface area contributed by atoms with Crippen LogP contribution in [-0.2, 0) is 0 Å². The van der Waals surface area contributed by atoms with E-state index < -0.39 is 0 Å². The summed E-state index contributed by atoms with van der Waals surface area (Å²) in [6, 6.07) is 10.3. The molecule has 4 nitrogen and oxygen atoms in total. The molecule has 1 N–H and O–H groups in total. The second-order valence-corrected chi connectivity index (χ2v) is 9.54. The molecule has 0 radical (unpaired) electrons. The zero-order valence-electron chi connectivity index (χ0n) is 18.2. The van der Waals surface area contributed by atoms with Crippen molar-refractivity contribution in [2.75, 3.05) is 18.5 Å². The van der Waals surface area contributed by atoms with Crippen LogP contribution in [0.15, 0.2) is 42.6 Å². The number of halogens is 1. The van der Waals surface area contributed by atoms with E-state index in [1.165, 1.54) is 16.8 Å². The van der Waals surface area contributed by atoms with E-state index in [4.69, 9.17) is 23.8 Å². The van der Waals surface area contributed by atoms with Gasteiger partial charge in [-0.15, -0.1) is 0 Å². The summed E-state index contributed by atoms with van der Waals surface area (Å²) in [7, 11) is 2.13. The molecule has 0 aliphatic carbocycles. The number of benzene rings is 1. The number of hydrogen-bond donors (Lipinski definition) is 1. The number of nitrogens with one attached hydrogen (secondary N) is 1. The highest BCUT2D eigenvalue weighted by molar-refractivity contribution is 7.80. The monoisotopic (exact) mass is 440 g/mol. The van der Waals surface area contributed by atoms with E-state index in [0.717, 1.165) is 34.4 Å². The van der Waals surface area contributed by atoms with Gasteiger partial charge in [0.2, 0.25) is 0 Å². The van der Waals surface area contributed by atoms with E-state index in [1.807, 2.05) is 18.3 Å². The van der Waals surface area contributed by atoms with Crippen molar-refractivity contribution in [3.05, 3.63) is 64.4 Å². The van der Waals surface area contributed by atoms with Crippen LogP contribution >= 0.6 is 23.8 Å². The number of fused-ring (bicyclic) bond motifs is 1. The zero-order valence-corrected chi connectivity index (χ0v) is 19.8. The van der Waals surface area contributed by atoms with Gasteiger partial charge in [0.15, 0.2) is 5.11 Å². The summed E-state index contributed by atoms with van der Waals surface area (Å²) in [5.41, 5.74) is 5.68. The van der Waals surface area contributed by atoms with Crippen LogP contribution < -0.4 is 10.2 Å². The molecule has 4 rings (SSSR count). The Labute approximate surface area is 189 Å². The Morgan fingerprint density at radius 3 is 2.70 bits per heavy atom. The molecule has 158 valence electrons. The Kier molecular flexibility index (Phi) is 5.54. The molecule has 0 unspecified atom stereocenters. The maximum atomic E-state index is 6.95. The minimum Gasteiger partial charge on any atom is -0.365 e. The molecule has 1 aromatic carbocycles. The molecular weight excluding hydrogens is 412 g/mol. The maximum Gasteiger partial charge on any atom is 0.170 e. The molecule has 0 saturated carbocycles. The second-order valence-electron chi connectivity index (χ2n) is 8.75. The number of allylic oxidation sites excluding steroid dienone is 1. The van der Waals surface area contributed by atoms with Gasteiger partial charge in [-0.25, -0.2) is 0 Å². The fraction of sp³-hybridized carbons (Fsp3) is 0.417. The van der Waals surface area contributed by atoms with Crippen LogP contribution in [0.4, 0.5) is 5.69 Å². The average Bonchev–Trinajstić information content (AvgIpc) is 3.03. The molecule has 2 aliphatic heterocycles. The van der Waals surface area contributed by atoms with Crippen molar-refractivity contribution in [2.45, 2.75) is 51.7 Å².